The fourth-order valence-electron chi connectivity index (χ4n) is 0.797. The van der Waals surface area contributed by atoms with Crippen LogP contribution in [0.3, 0.4) is 0 Å². The van der Waals surface area contributed by atoms with Crippen LogP contribution in [0, 0.1) is 0 Å². The van der Waals surface area contributed by atoms with Gasteiger partial charge >= 0.3 is 5.97 Å². The van der Waals surface area contributed by atoms with Crippen LogP contribution < -0.4 is 5.73 Å². The molecule has 1 aromatic heterocycles. The molecule has 4 nitrogen and oxygen atoms in total. The van der Waals surface area contributed by atoms with Gasteiger partial charge in [-0.2, -0.15) is 0 Å². The molecule has 0 bridgehead atoms. The van der Waals surface area contributed by atoms with E-state index >= 15 is 0 Å². The fraction of sp³-hybridized carbons (Fsp3) is 0.375. The Kier molecular flexibility index (Phi) is 2.50. The largest absolute Gasteiger partial charge is 0.463 e. The normalized spacial score (nSPS) is 12.6. The van der Waals surface area contributed by atoms with Gasteiger partial charge in [-0.1, -0.05) is 0 Å². The van der Waals surface area contributed by atoms with E-state index in [1.165, 1.54) is 13.4 Å². The summed E-state index contributed by atoms with van der Waals surface area (Å²) in [6, 6.07) is 1.45. The van der Waals surface area contributed by atoms with Gasteiger partial charge in [0.2, 0.25) is 5.76 Å². The van der Waals surface area contributed by atoms with E-state index < -0.39 is 5.97 Å². The van der Waals surface area contributed by atoms with Crippen molar-refractivity contribution in [2.45, 2.75) is 13.0 Å². The number of furan rings is 1. The van der Waals surface area contributed by atoms with Crippen LogP contribution in [0.15, 0.2) is 16.7 Å². The van der Waals surface area contributed by atoms with Gasteiger partial charge in [-0.15, -0.1) is 0 Å². The summed E-state index contributed by atoms with van der Waals surface area (Å²) in [6.45, 7) is 1.81. The highest BCUT2D eigenvalue weighted by Gasteiger charge is 2.12. The maximum Gasteiger partial charge on any atom is 0.373 e. The molecule has 1 atom stereocenters. The zero-order chi connectivity index (χ0) is 9.14. The zero-order valence-electron chi connectivity index (χ0n) is 7.03. The smallest absolute Gasteiger partial charge is 0.373 e. The predicted molar refractivity (Wildman–Crippen MR) is 42.6 cm³/mol. The van der Waals surface area contributed by atoms with Crippen molar-refractivity contribution < 1.29 is 13.9 Å². The first-order valence-electron chi connectivity index (χ1n) is 3.57. The van der Waals surface area contributed by atoms with Crippen molar-refractivity contribution in [3.63, 3.8) is 0 Å². The SMILES string of the molecule is COC(=O)c1cc(C(C)N)co1. The second kappa shape index (κ2) is 3.40. The van der Waals surface area contributed by atoms with Gasteiger partial charge in [-0.25, -0.2) is 4.79 Å². The average molecular weight is 169 g/mol. The number of carbonyl (C=O) groups excluding carboxylic acids is 1. The van der Waals surface area contributed by atoms with Gasteiger partial charge in [0, 0.05) is 11.6 Å². The third-order valence-corrected chi connectivity index (χ3v) is 1.53. The van der Waals surface area contributed by atoms with Gasteiger partial charge in [-0.05, 0) is 13.0 Å². The Morgan fingerprint density at radius 1 is 1.75 bits per heavy atom. The van der Waals surface area contributed by atoms with Crippen molar-refractivity contribution in [2.24, 2.45) is 5.73 Å². The second-order valence-corrected chi connectivity index (χ2v) is 2.52. The molecule has 1 unspecified atom stereocenters. The maximum absolute atomic E-state index is 10.9. The monoisotopic (exact) mass is 169 g/mol. The topological polar surface area (TPSA) is 65.5 Å². The molecular formula is C8H11NO3. The molecule has 0 aliphatic heterocycles. The van der Waals surface area contributed by atoms with Crippen LogP contribution >= 0.6 is 0 Å². The highest BCUT2D eigenvalue weighted by molar-refractivity contribution is 5.86. The lowest BCUT2D eigenvalue weighted by Crippen LogP contribution is -2.03. The number of hydrogen-bond acceptors (Lipinski definition) is 4. The van der Waals surface area contributed by atoms with Crippen molar-refractivity contribution in [3.8, 4) is 0 Å². The Bertz CT molecular complexity index is 278. The number of nitrogens with two attached hydrogens (primary N) is 1. The highest BCUT2D eigenvalue weighted by Crippen LogP contribution is 2.14. The highest BCUT2D eigenvalue weighted by atomic mass is 16.5. The van der Waals surface area contributed by atoms with Crippen LogP contribution in [0.4, 0.5) is 0 Å². The first-order valence-corrected chi connectivity index (χ1v) is 3.57. The lowest BCUT2D eigenvalue weighted by molar-refractivity contribution is 0.0565. The van der Waals surface area contributed by atoms with Crippen LogP contribution in [0.5, 0.6) is 0 Å². The Morgan fingerprint density at radius 2 is 2.42 bits per heavy atom. The number of carbonyl (C=O) groups is 1. The molecule has 0 aromatic carbocycles. The summed E-state index contributed by atoms with van der Waals surface area (Å²) < 4.78 is 9.38. The molecule has 0 saturated carbocycles. The standard InChI is InChI=1S/C8H11NO3/c1-5(9)6-3-7(12-4-6)8(10)11-2/h3-5H,9H2,1-2H3. The van der Waals surface area contributed by atoms with Gasteiger partial charge in [0.05, 0.1) is 13.4 Å². The number of rotatable bonds is 2. The van der Waals surface area contributed by atoms with Gasteiger partial charge in [0.25, 0.3) is 0 Å². The number of ether oxygens (including phenoxy) is 1. The second-order valence-electron chi connectivity index (χ2n) is 2.52. The molecule has 0 fully saturated rings. The van der Waals surface area contributed by atoms with Gasteiger partial charge < -0.3 is 14.9 Å². The summed E-state index contributed by atoms with van der Waals surface area (Å²) in [7, 11) is 1.30. The number of methoxy groups -OCH3 is 1. The first kappa shape index (κ1) is 8.80. The third-order valence-electron chi connectivity index (χ3n) is 1.53. The molecule has 1 rings (SSSR count). The fourth-order valence-corrected chi connectivity index (χ4v) is 0.797. The third kappa shape index (κ3) is 1.65. The summed E-state index contributed by atoms with van der Waals surface area (Å²) in [4.78, 5) is 10.9. The van der Waals surface area contributed by atoms with E-state index in [2.05, 4.69) is 4.74 Å². The van der Waals surface area contributed by atoms with Gasteiger partial charge in [0.15, 0.2) is 0 Å². The van der Waals surface area contributed by atoms with Crippen LogP contribution in [0.1, 0.15) is 29.1 Å². The quantitative estimate of drug-likeness (QED) is 0.673. The molecule has 0 spiro atoms. The molecule has 0 aliphatic carbocycles. The maximum atomic E-state index is 10.9. The summed E-state index contributed by atoms with van der Waals surface area (Å²) in [5, 5.41) is 0. The Morgan fingerprint density at radius 3 is 2.83 bits per heavy atom. The Labute approximate surface area is 70.3 Å². The van der Waals surface area contributed by atoms with E-state index in [1.54, 1.807) is 6.07 Å². The molecule has 12 heavy (non-hydrogen) atoms. The lowest BCUT2D eigenvalue weighted by Gasteiger charge is -1.96. The molecule has 0 amide bonds. The van der Waals surface area contributed by atoms with Crippen molar-refractivity contribution in [3.05, 3.63) is 23.7 Å². The molecule has 4 heteroatoms. The minimum atomic E-state index is -0.484. The van der Waals surface area contributed by atoms with E-state index in [-0.39, 0.29) is 11.8 Å². The number of esters is 1. The van der Waals surface area contributed by atoms with Crippen LogP contribution in [-0.2, 0) is 4.74 Å². The molecule has 1 aromatic rings. The summed E-state index contributed by atoms with van der Waals surface area (Å²) >= 11 is 0. The lowest BCUT2D eigenvalue weighted by atomic mass is 10.2. The van der Waals surface area contributed by atoms with Crippen molar-refractivity contribution in [1.29, 1.82) is 0 Å². The molecule has 0 radical (unpaired) electrons. The minimum absolute atomic E-state index is 0.132. The van der Waals surface area contributed by atoms with E-state index in [1.807, 2.05) is 6.92 Å². The van der Waals surface area contributed by atoms with Crippen LogP contribution in [0.2, 0.25) is 0 Å². The minimum Gasteiger partial charge on any atom is -0.463 e. The molecule has 66 valence electrons. The van der Waals surface area contributed by atoms with Crippen LogP contribution in [0.25, 0.3) is 0 Å². The summed E-state index contributed by atoms with van der Waals surface area (Å²) in [5.41, 5.74) is 6.34. The van der Waals surface area contributed by atoms with Crippen molar-refractivity contribution in [2.75, 3.05) is 7.11 Å². The van der Waals surface area contributed by atoms with Crippen LogP contribution in [-0.4, -0.2) is 13.1 Å². The molecule has 0 aliphatic rings. The van der Waals surface area contributed by atoms with E-state index in [0.717, 1.165) is 5.56 Å². The van der Waals surface area contributed by atoms with Crippen molar-refractivity contribution >= 4 is 5.97 Å². The predicted octanol–water partition coefficient (Wildman–Crippen LogP) is 1.09. The Balaban J connectivity index is 2.84. The van der Waals surface area contributed by atoms with Gasteiger partial charge in [-0.3, -0.25) is 0 Å². The van der Waals surface area contributed by atoms with E-state index in [9.17, 15) is 4.79 Å². The van der Waals surface area contributed by atoms with E-state index in [4.69, 9.17) is 10.2 Å². The Hall–Kier alpha value is -1.29. The first-order chi connectivity index (χ1) is 5.65. The molecule has 1 heterocycles. The average Bonchev–Trinajstić information content (AvgIpc) is 2.51. The summed E-state index contributed by atoms with van der Waals surface area (Å²) in [6.07, 6.45) is 1.46. The van der Waals surface area contributed by atoms with Crippen molar-refractivity contribution in [1.82, 2.24) is 0 Å². The molecule has 0 saturated heterocycles. The number of hydrogen-bond donors (Lipinski definition) is 1. The van der Waals surface area contributed by atoms with Gasteiger partial charge in [0.1, 0.15) is 0 Å². The molecule has 2 N–H and O–H groups in total. The van der Waals surface area contributed by atoms with E-state index in [0.29, 0.717) is 0 Å². The zero-order valence-corrected chi connectivity index (χ0v) is 7.03. The molecular weight excluding hydrogens is 158 g/mol. The summed E-state index contributed by atoms with van der Waals surface area (Å²) in [5.74, 6) is -0.299.